The van der Waals surface area contributed by atoms with Gasteiger partial charge >= 0.3 is 0 Å². The second-order valence-corrected chi connectivity index (χ2v) is 8.05. The van der Waals surface area contributed by atoms with Crippen molar-refractivity contribution in [2.45, 2.75) is 0 Å². The van der Waals surface area contributed by atoms with Gasteiger partial charge in [-0.05, 0) is 0 Å². The van der Waals surface area contributed by atoms with Crippen LogP contribution in [-0.2, 0) is 0 Å². The van der Waals surface area contributed by atoms with Crippen molar-refractivity contribution in [2.75, 3.05) is 26.7 Å². The number of rotatable bonds is 0. The Bertz CT molecular complexity index is 23.0. The lowest BCUT2D eigenvalue weighted by Crippen LogP contribution is -1.74. The van der Waals surface area contributed by atoms with Crippen LogP contribution in [0.2, 0.25) is 0 Å². The summed E-state index contributed by atoms with van der Waals surface area (Å²) in [6.07, 6.45) is 0. The Morgan fingerprint density at radius 1 is 0.833 bits per heavy atom. The van der Waals surface area contributed by atoms with Gasteiger partial charge in [0.05, 0.1) is 0 Å². The summed E-state index contributed by atoms with van der Waals surface area (Å²) in [4.78, 5) is 0. The van der Waals surface area contributed by atoms with Gasteiger partial charge in [0, 0.05) is 33.9 Å². The molecule has 0 unspecified atom stereocenters. The van der Waals surface area contributed by atoms with E-state index < -0.39 is 0 Å². The molecule has 0 saturated heterocycles. The van der Waals surface area contributed by atoms with E-state index in [0.29, 0.717) is 0 Å². The van der Waals surface area contributed by atoms with Crippen LogP contribution in [0.4, 0.5) is 0 Å². The minimum atomic E-state index is -0.389. The minimum Gasteiger partial charge on any atom is -0.870 e. The topological polar surface area (TPSA) is 30.0 Å². The molecule has 40 valence electrons. The average molecular weight is 108 g/mol. The average Bonchev–Trinajstić information content (AvgIpc) is 0.722. The highest BCUT2D eigenvalue weighted by atomic mass is 31.2. The fourth-order valence-corrected chi connectivity index (χ4v) is 0. The summed E-state index contributed by atoms with van der Waals surface area (Å²) in [7, 11) is -0.389. The lowest BCUT2D eigenvalue weighted by molar-refractivity contribution is 0.824. The highest BCUT2D eigenvalue weighted by molar-refractivity contribution is 7.72. The van der Waals surface area contributed by atoms with Crippen LogP contribution in [0.25, 0.3) is 0 Å². The van der Waals surface area contributed by atoms with Crippen molar-refractivity contribution in [3.05, 3.63) is 0 Å². The molecule has 0 heterocycles. The largest absolute Gasteiger partial charge is 0.870 e. The summed E-state index contributed by atoms with van der Waals surface area (Å²) >= 11 is 0. The molecule has 0 bridgehead atoms. The third-order valence-electron chi connectivity index (χ3n) is 0. The molecule has 0 aliphatic rings. The molecule has 0 aromatic rings. The van der Waals surface area contributed by atoms with Gasteiger partial charge in [0.2, 0.25) is 0 Å². The smallest absolute Gasteiger partial charge is 0.0481 e. The maximum Gasteiger partial charge on any atom is 0.0481 e. The quantitative estimate of drug-likeness (QED) is 0.431. The van der Waals surface area contributed by atoms with Gasteiger partial charge in [0.25, 0.3) is 0 Å². The molecule has 0 aromatic heterocycles. The van der Waals surface area contributed by atoms with Gasteiger partial charge < -0.3 is 5.48 Å². The third-order valence-corrected chi connectivity index (χ3v) is 0. The maximum atomic E-state index is 2.30. The Kier molecular flexibility index (Phi) is 4.08. The van der Waals surface area contributed by atoms with Crippen molar-refractivity contribution in [3.63, 3.8) is 0 Å². The molecule has 2 heteroatoms. The fraction of sp³-hybridized carbons (Fsp3) is 1.00. The van der Waals surface area contributed by atoms with Gasteiger partial charge in [-0.3, -0.25) is 0 Å². The summed E-state index contributed by atoms with van der Waals surface area (Å²) in [6.45, 7) is 9.19. The second kappa shape index (κ2) is 2.54. The van der Waals surface area contributed by atoms with Crippen LogP contribution < -0.4 is 0 Å². The van der Waals surface area contributed by atoms with Crippen molar-refractivity contribution in [1.82, 2.24) is 0 Å². The van der Waals surface area contributed by atoms with E-state index in [2.05, 4.69) is 26.7 Å². The molecule has 0 saturated carbocycles. The van der Waals surface area contributed by atoms with Crippen LogP contribution in [0.1, 0.15) is 0 Å². The fourth-order valence-electron chi connectivity index (χ4n) is 0. The third kappa shape index (κ3) is 332. The summed E-state index contributed by atoms with van der Waals surface area (Å²) in [5.41, 5.74) is 0. The molecule has 0 rings (SSSR count). The Hall–Kier alpha value is 0.390. The summed E-state index contributed by atoms with van der Waals surface area (Å²) in [5.74, 6) is 0. The molecule has 1 nitrogen and oxygen atoms in total. The van der Waals surface area contributed by atoms with E-state index in [1.807, 2.05) is 0 Å². The van der Waals surface area contributed by atoms with Gasteiger partial charge in [-0.25, -0.2) is 0 Å². The second-order valence-electron chi connectivity index (χ2n) is 2.68. The predicted octanol–water partition coefficient (Wildman–Crippen LogP) is 1.35. The molecule has 0 radical (unpaired) electrons. The molecule has 6 heavy (non-hydrogen) atoms. The Labute approximate surface area is 40.4 Å². The Morgan fingerprint density at radius 3 is 0.833 bits per heavy atom. The van der Waals surface area contributed by atoms with E-state index >= 15 is 0 Å². The first kappa shape index (κ1) is 9.63. The minimum absolute atomic E-state index is 0. The van der Waals surface area contributed by atoms with Crippen LogP contribution in [0.5, 0.6) is 0 Å². The van der Waals surface area contributed by atoms with E-state index in [9.17, 15) is 0 Å². The zero-order valence-corrected chi connectivity index (χ0v) is 5.79. The molecular weight excluding hydrogens is 95.0 g/mol. The number of hydrogen-bond donors (Lipinski definition) is 0. The van der Waals surface area contributed by atoms with Crippen LogP contribution in [0.3, 0.4) is 0 Å². The van der Waals surface area contributed by atoms with Crippen molar-refractivity contribution in [2.24, 2.45) is 0 Å². The van der Waals surface area contributed by atoms with Crippen molar-refractivity contribution in [1.29, 1.82) is 0 Å². The molecule has 1 N–H and O–H groups in total. The van der Waals surface area contributed by atoms with Crippen molar-refractivity contribution >= 4 is 7.26 Å². The highest BCUT2D eigenvalue weighted by Crippen LogP contribution is 2.40. The van der Waals surface area contributed by atoms with E-state index in [4.69, 9.17) is 0 Å². The van der Waals surface area contributed by atoms with Crippen LogP contribution in [0, 0.1) is 0 Å². The van der Waals surface area contributed by atoms with Gasteiger partial charge in [0.1, 0.15) is 0 Å². The molecular formula is C4H13OP. The van der Waals surface area contributed by atoms with E-state index in [0.717, 1.165) is 0 Å². The molecule has 0 aromatic carbocycles. The van der Waals surface area contributed by atoms with E-state index in [-0.39, 0.29) is 12.7 Å². The first-order valence-electron chi connectivity index (χ1n) is 1.79. The van der Waals surface area contributed by atoms with Crippen LogP contribution in [0.15, 0.2) is 0 Å². The zero-order valence-electron chi connectivity index (χ0n) is 4.89. The Balaban J connectivity index is 0. The zero-order chi connectivity index (χ0) is 4.50. The molecule has 0 spiro atoms. The summed E-state index contributed by atoms with van der Waals surface area (Å²) < 4.78 is 0. The van der Waals surface area contributed by atoms with Crippen molar-refractivity contribution < 1.29 is 5.48 Å². The van der Waals surface area contributed by atoms with E-state index in [1.54, 1.807) is 0 Å². The van der Waals surface area contributed by atoms with Gasteiger partial charge in [-0.15, -0.1) is 0 Å². The SMILES string of the molecule is C[P+](C)(C)C.[OH-]. The maximum absolute atomic E-state index is 2.30. The standard InChI is InChI=1S/C4H12P.H2O/c1-5(2,3)4;/h1-4H3;1H2/q+1;/p-1. The van der Waals surface area contributed by atoms with E-state index in [1.165, 1.54) is 0 Å². The first-order valence-corrected chi connectivity index (χ1v) is 5.37. The predicted molar refractivity (Wildman–Crippen MR) is 32.6 cm³/mol. The van der Waals surface area contributed by atoms with Crippen LogP contribution >= 0.6 is 7.26 Å². The molecule has 0 aliphatic heterocycles. The highest BCUT2D eigenvalue weighted by Gasteiger charge is 2.03. The molecule has 0 amide bonds. The van der Waals surface area contributed by atoms with Gasteiger partial charge in [-0.2, -0.15) is 0 Å². The van der Waals surface area contributed by atoms with Crippen molar-refractivity contribution in [3.8, 4) is 0 Å². The molecule has 0 aliphatic carbocycles. The molecule has 0 atom stereocenters. The normalized spacial score (nSPS) is 10.0. The monoisotopic (exact) mass is 108 g/mol. The first-order chi connectivity index (χ1) is 2.00. The molecule has 0 fully saturated rings. The van der Waals surface area contributed by atoms with Crippen LogP contribution in [-0.4, -0.2) is 32.1 Å². The Morgan fingerprint density at radius 2 is 0.833 bits per heavy atom. The van der Waals surface area contributed by atoms with Gasteiger partial charge in [-0.1, -0.05) is 0 Å². The summed E-state index contributed by atoms with van der Waals surface area (Å²) in [5, 5.41) is 0. The lowest BCUT2D eigenvalue weighted by atomic mass is 11.8. The lowest BCUT2D eigenvalue weighted by Gasteiger charge is -1.97. The van der Waals surface area contributed by atoms with Gasteiger partial charge in [0.15, 0.2) is 0 Å². The number of hydrogen-bond acceptors (Lipinski definition) is 1. The summed E-state index contributed by atoms with van der Waals surface area (Å²) in [6, 6.07) is 0.